The zero-order valence-corrected chi connectivity index (χ0v) is 16.1. The third-order valence-electron chi connectivity index (χ3n) is 4.97. The maximum atomic E-state index is 12.9. The first-order valence-corrected chi connectivity index (χ1v) is 9.43. The minimum Gasteiger partial charge on any atom is -0.280 e. The number of nitrogens with zero attached hydrogens (tertiary/aromatic N) is 5. The van der Waals surface area contributed by atoms with Gasteiger partial charge < -0.3 is 0 Å². The molecular formula is C22H23N5O. The molecule has 0 aliphatic heterocycles. The topological polar surface area (TPSA) is 56.0 Å². The number of rotatable bonds is 6. The zero-order valence-electron chi connectivity index (χ0n) is 16.1. The molecule has 2 aromatic heterocycles. The summed E-state index contributed by atoms with van der Waals surface area (Å²) in [5, 5.41) is 9.62. The molecule has 2 heterocycles. The van der Waals surface area contributed by atoms with Crippen molar-refractivity contribution >= 4 is 10.9 Å². The number of aryl methyl sites for hydroxylation is 1. The van der Waals surface area contributed by atoms with E-state index in [1.165, 1.54) is 15.8 Å². The Labute approximate surface area is 163 Å². The molecule has 0 saturated carbocycles. The third kappa shape index (κ3) is 3.59. The molecule has 0 unspecified atom stereocenters. The lowest BCUT2D eigenvalue weighted by molar-refractivity contribution is 0.204. The van der Waals surface area contributed by atoms with Crippen LogP contribution in [-0.2, 0) is 13.2 Å². The average molecular weight is 373 g/mol. The van der Waals surface area contributed by atoms with Crippen molar-refractivity contribution in [1.29, 1.82) is 0 Å². The summed E-state index contributed by atoms with van der Waals surface area (Å²) in [5.74, 6) is 0. The summed E-state index contributed by atoms with van der Waals surface area (Å²) in [6.07, 6.45) is 3.55. The minimum absolute atomic E-state index is 0.171. The van der Waals surface area contributed by atoms with Gasteiger partial charge in [-0.3, -0.25) is 9.69 Å². The lowest BCUT2D eigenvalue weighted by Crippen LogP contribution is -2.33. The zero-order chi connectivity index (χ0) is 19.5. The largest absolute Gasteiger partial charge is 0.296 e. The molecule has 0 amide bonds. The molecule has 0 fully saturated rings. The van der Waals surface area contributed by atoms with Gasteiger partial charge in [-0.15, -0.1) is 0 Å². The second kappa shape index (κ2) is 7.78. The van der Waals surface area contributed by atoms with E-state index in [-0.39, 0.29) is 5.56 Å². The monoisotopic (exact) mass is 373 g/mol. The van der Waals surface area contributed by atoms with Crippen molar-refractivity contribution in [1.82, 2.24) is 24.5 Å². The lowest BCUT2D eigenvalue weighted by Gasteiger charge is -2.21. The Balaban J connectivity index is 1.62. The number of fused-ring (bicyclic) bond motifs is 1. The van der Waals surface area contributed by atoms with Gasteiger partial charge in [0.1, 0.15) is 0 Å². The van der Waals surface area contributed by atoms with Gasteiger partial charge in [0.2, 0.25) is 0 Å². The Hall–Kier alpha value is -3.25. The van der Waals surface area contributed by atoms with Crippen LogP contribution in [0.1, 0.15) is 18.1 Å². The van der Waals surface area contributed by atoms with Crippen LogP contribution in [0.3, 0.4) is 0 Å². The van der Waals surface area contributed by atoms with Crippen LogP contribution < -0.4 is 5.56 Å². The van der Waals surface area contributed by atoms with E-state index in [1.807, 2.05) is 48.7 Å². The fourth-order valence-corrected chi connectivity index (χ4v) is 3.25. The van der Waals surface area contributed by atoms with E-state index in [1.54, 1.807) is 10.9 Å². The summed E-state index contributed by atoms with van der Waals surface area (Å²) in [6, 6.07) is 18.1. The predicted molar refractivity (Wildman–Crippen MR) is 110 cm³/mol. The number of aromatic nitrogens is 4. The van der Waals surface area contributed by atoms with Crippen LogP contribution in [0.4, 0.5) is 0 Å². The van der Waals surface area contributed by atoms with Gasteiger partial charge in [0.25, 0.3) is 5.56 Å². The van der Waals surface area contributed by atoms with Crippen molar-refractivity contribution in [3.8, 4) is 5.69 Å². The number of hydrogen-bond donors (Lipinski definition) is 0. The molecule has 0 radical (unpaired) electrons. The molecule has 4 rings (SSSR count). The Morgan fingerprint density at radius 1 is 1.04 bits per heavy atom. The van der Waals surface area contributed by atoms with Gasteiger partial charge in [-0.2, -0.15) is 10.2 Å². The van der Waals surface area contributed by atoms with Gasteiger partial charge in [0.15, 0.2) is 5.52 Å². The van der Waals surface area contributed by atoms with Crippen molar-refractivity contribution in [2.45, 2.75) is 27.1 Å². The van der Waals surface area contributed by atoms with Gasteiger partial charge in [-0.25, -0.2) is 9.36 Å². The molecule has 6 heteroatoms. The van der Waals surface area contributed by atoms with Crippen LogP contribution in [0.5, 0.6) is 0 Å². The quantitative estimate of drug-likeness (QED) is 0.520. The highest BCUT2D eigenvalue weighted by atomic mass is 16.1. The summed E-state index contributed by atoms with van der Waals surface area (Å²) in [5.41, 5.74) is 3.69. The van der Waals surface area contributed by atoms with Crippen LogP contribution in [0.2, 0.25) is 0 Å². The Bertz CT molecular complexity index is 1150. The summed E-state index contributed by atoms with van der Waals surface area (Å²) in [4.78, 5) is 15.1. The number of hydrogen-bond acceptors (Lipinski definition) is 4. The van der Waals surface area contributed by atoms with Crippen LogP contribution >= 0.6 is 0 Å². The number of para-hydroxylation sites is 1. The molecule has 0 bridgehead atoms. The van der Waals surface area contributed by atoms with E-state index in [0.29, 0.717) is 12.2 Å². The van der Waals surface area contributed by atoms with E-state index in [0.717, 1.165) is 24.2 Å². The van der Waals surface area contributed by atoms with Crippen LogP contribution in [-0.4, -0.2) is 31.0 Å². The normalized spacial score (nSPS) is 11.4. The molecular weight excluding hydrogens is 350 g/mol. The predicted octanol–water partition coefficient (Wildman–Crippen LogP) is 3.37. The molecule has 142 valence electrons. The lowest BCUT2D eigenvalue weighted by atomic mass is 10.1. The smallest absolute Gasteiger partial charge is 0.280 e. The maximum Gasteiger partial charge on any atom is 0.296 e. The third-order valence-corrected chi connectivity index (χ3v) is 4.97. The van der Waals surface area contributed by atoms with E-state index >= 15 is 0 Å². The number of benzene rings is 2. The van der Waals surface area contributed by atoms with Crippen LogP contribution in [0.15, 0.2) is 71.8 Å². The molecule has 4 aromatic rings. The standard InChI is InChI=1S/C22H23N5O/c1-3-25(14-18-10-8-7-9-17(18)2)16-27-22(28)21-19(13-23-27)15-26(24-21)20-11-5-4-6-12-20/h4-13,15H,3,14,16H2,1-2H3. The van der Waals surface area contributed by atoms with Gasteiger partial charge in [-0.1, -0.05) is 49.4 Å². The highest BCUT2D eigenvalue weighted by Gasteiger charge is 2.13. The molecule has 6 nitrogen and oxygen atoms in total. The van der Waals surface area contributed by atoms with E-state index in [2.05, 4.69) is 41.1 Å². The van der Waals surface area contributed by atoms with E-state index in [9.17, 15) is 4.79 Å². The second-order valence-electron chi connectivity index (χ2n) is 6.88. The molecule has 28 heavy (non-hydrogen) atoms. The fourth-order valence-electron chi connectivity index (χ4n) is 3.25. The molecule has 0 saturated heterocycles. The molecule has 2 aromatic carbocycles. The Morgan fingerprint density at radius 2 is 1.79 bits per heavy atom. The van der Waals surface area contributed by atoms with Crippen LogP contribution in [0, 0.1) is 6.92 Å². The second-order valence-corrected chi connectivity index (χ2v) is 6.88. The molecule has 0 aliphatic rings. The first-order valence-electron chi connectivity index (χ1n) is 9.43. The van der Waals surface area contributed by atoms with Gasteiger partial charge >= 0.3 is 0 Å². The molecule has 0 aliphatic carbocycles. The Morgan fingerprint density at radius 3 is 2.54 bits per heavy atom. The van der Waals surface area contributed by atoms with Crippen LogP contribution in [0.25, 0.3) is 16.6 Å². The van der Waals surface area contributed by atoms with E-state index in [4.69, 9.17) is 0 Å². The Kier molecular flexibility index (Phi) is 5.04. The highest BCUT2D eigenvalue weighted by Crippen LogP contribution is 2.13. The van der Waals surface area contributed by atoms with Gasteiger partial charge in [-0.05, 0) is 36.7 Å². The maximum absolute atomic E-state index is 12.9. The van der Waals surface area contributed by atoms with Crippen molar-refractivity contribution < 1.29 is 0 Å². The van der Waals surface area contributed by atoms with Gasteiger partial charge in [0.05, 0.1) is 18.6 Å². The van der Waals surface area contributed by atoms with Crippen molar-refractivity contribution in [3.63, 3.8) is 0 Å². The first kappa shape index (κ1) is 18.1. The molecule has 0 spiro atoms. The fraction of sp³-hybridized carbons (Fsp3) is 0.227. The summed E-state index contributed by atoms with van der Waals surface area (Å²) >= 11 is 0. The molecule has 0 N–H and O–H groups in total. The average Bonchev–Trinajstić information content (AvgIpc) is 3.17. The SMILES string of the molecule is CCN(Cc1ccccc1C)Cn1ncc2cn(-c3ccccc3)nc2c1=O. The minimum atomic E-state index is -0.171. The summed E-state index contributed by atoms with van der Waals surface area (Å²) in [6.45, 7) is 6.21. The summed E-state index contributed by atoms with van der Waals surface area (Å²) in [7, 11) is 0. The highest BCUT2D eigenvalue weighted by molar-refractivity contribution is 5.76. The van der Waals surface area contributed by atoms with Crippen molar-refractivity contribution in [2.75, 3.05) is 6.54 Å². The van der Waals surface area contributed by atoms with Gasteiger partial charge in [0, 0.05) is 18.1 Å². The first-order chi connectivity index (χ1) is 13.7. The van der Waals surface area contributed by atoms with Crippen molar-refractivity contribution in [3.05, 3.63) is 88.5 Å². The molecule has 0 atom stereocenters. The van der Waals surface area contributed by atoms with Crippen molar-refractivity contribution in [2.24, 2.45) is 0 Å². The summed E-state index contributed by atoms with van der Waals surface area (Å²) < 4.78 is 3.22. The van der Waals surface area contributed by atoms with E-state index < -0.39 is 0 Å².